The first-order valence-corrected chi connectivity index (χ1v) is 3.66. The van der Waals surface area contributed by atoms with Gasteiger partial charge in [0.25, 0.3) is 0 Å². The van der Waals surface area contributed by atoms with E-state index >= 15 is 0 Å². The second-order valence-electron chi connectivity index (χ2n) is 3.02. The zero-order valence-electron chi connectivity index (χ0n) is 6.09. The average Bonchev–Trinajstić information content (AvgIpc) is 1.91. The van der Waals surface area contributed by atoms with Crippen LogP contribution in [0, 0.1) is 0 Å². The highest BCUT2D eigenvalue weighted by Crippen LogP contribution is 2.37. The topological polar surface area (TPSA) is 26.0 Å². The van der Waals surface area contributed by atoms with Crippen LogP contribution in [0.5, 0.6) is 0 Å². The Balaban J connectivity index is 2.56. The molecule has 0 saturated heterocycles. The van der Waals surface area contributed by atoms with Crippen LogP contribution in [0.4, 0.5) is 5.69 Å². The van der Waals surface area contributed by atoms with Gasteiger partial charge >= 0.3 is 0 Å². The molecule has 1 aromatic rings. The average molecular weight is 133 g/mol. The lowest BCUT2D eigenvalue weighted by Crippen LogP contribution is -2.15. The SMILES string of the molecule is C[C@H]1Cc2c(N)cccc21. The van der Waals surface area contributed by atoms with Crippen molar-refractivity contribution >= 4 is 5.69 Å². The minimum absolute atomic E-state index is 0.735. The highest BCUT2D eigenvalue weighted by molar-refractivity contribution is 5.57. The van der Waals surface area contributed by atoms with Gasteiger partial charge in [0.2, 0.25) is 0 Å². The lowest BCUT2D eigenvalue weighted by Gasteiger charge is -2.27. The minimum Gasteiger partial charge on any atom is -0.398 e. The van der Waals surface area contributed by atoms with E-state index in [0.29, 0.717) is 0 Å². The predicted molar refractivity (Wildman–Crippen MR) is 43.0 cm³/mol. The molecule has 1 aromatic carbocycles. The number of nitrogen functional groups attached to an aromatic ring is 1. The fourth-order valence-electron chi connectivity index (χ4n) is 1.61. The van der Waals surface area contributed by atoms with Gasteiger partial charge in [-0.05, 0) is 29.5 Å². The summed E-state index contributed by atoms with van der Waals surface area (Å²) in [7, 11) is 0. The van der Waals surface area contributed by atoms with Gasteiger partial charge < -0.3 is 5.73 Å². The van der Waals surface area contributed by atoms with Crippen LogP contribution in [-0.2, 0) is 6.42 Å². The molecule has 1 aliphatic rings. The van der Waals surface area contributed by atoms with Crippen LogP contribution in [0.15, 0.2) is 18.2 Å². The van der Waals surface area contributed by atoms with Crippen LogP contribution in [0.1, 0.15) is 24.0 Å². The van der Waals surface area contributed by atoms with E-state index in [0.717, 1.165) is 11.6 Å². The molecule has 1 heteroatoms. The highest BCUT2D eigenvalue weighted by atomic mass is 14.6. The normalized spacial score (nSPS) is 21.5. The first-order valence-electron chi connectivity index (χ1n) is 3.66. The number of nitrogens with two attached hydrogens (primary N) is 1. The van der Waals surface area contributed by atoms with Gasteiger partial charge in [-0.25, -0.2) is 0 Å². The highest BCUT2D eigenvalue weighted by Gasteiger charge is 2.22. The Bertz CT molecular complexity index is 265. The molecule has 0 aliphatic heterocycles. The Morgan fingerprint density at radius 1 is 1.50 bits per heavy atom. The molecule has 2 rings (SSSR count). The summed E-state index contributed by atoms with van der Waals surface area (Å²) < 4.78 is 0. The van der Waals surface area contributed by atoms with Crippen molar-refractivity contribution in [1.82, 2.24) is 0 Å². The molecule has 0 radical (unpaired) electrons. The van der Waals surface area contributed by atoms with Crippen molar-refractivity contribution in [3.05, 3.63) is 29.3 Å². The van der Waals surface area contributed by atoms with Gasteiger partial charge in [0.15, 0.2) is 0 Å². The van der Waals surface area contributed by atoms with Gasteiger partial charge in [-0.1, -0.05) is 19.1 Å². The van der Waals surface area contributed by atoms with Crippen molar-refractivity contribution in [2.45, 2.75) is 19.3 Å². The third-order valence-corrected chi connectivity index (χ3v) is 2.29. The molecular weight excluding hydrogens is 122 g/mol. The van der Waals surface area contributed by atoms with E-state index in [1.807, 2.05) is 12.1 Å². The van der Waals surface area contributed by atoms with Crippen LogP contribution in [0.25, 0.3) is 0 Å². The number of rotatable bonds is 0. The molecule has 0 saturated carbocycles. The Morgan fingerprint density at radius 3 is 2.90 bits per heavy atom. The Labute approximate surface area is 60.9 Å². The summed E-state index contributed by atoms with van der Waals surface area (Å²) in [6.07, 6.45) is 1.17. The van der Waals surface area contributed by atoms with Gasteiger partial charge in [-0.3, -0.25) is 0 Å². The van der Waals surface area contributed by atoms with E-state index in [4.69, 9.17) is 5.73 Å². The maximum atomic E-state index is 5.73. The van der Waals surface area contributed by atoms with E-state index < -0.39 is 0 Å². The Morgan fingerprint density at radius 2 is 2.30 bits per heavy atom. The summed E-state index contributed by atoms with van der Waals surface area (Å²) in [5.74, 6) is 0.735. The molecule has 1 aliphatic carbocycles. The van der Waals surface area contributed by atoms with E-state index in [9.17, 15) is 0 Å². The van der Waals surface area contributed by atoms with E-state index in [2.05, 4.69) is 13.0 Å². The van der Waals surface area contributed by atoms with Gasteiger partial charge in [0, 0.05) is 5.69 Å². The molecule has 0 amide bonds. The molecule has 0 unspecified atom stereocenters. The molecule has 2 N–H and O–H groups in total. The van der Waals surface area contributed by atoms with Gasteiger partial charge in [0.05, 0.1) is 0 Å². The summed E-state index contributed by atoms with van der Waals surface area (Å²) in [4.78, 5) is 0. The number of fused-ring (bicyclic) bond motifs is 1. The standard InChI is InChI=1S/C9H11N/c1-6-5-8-7(6)3-2-4-9(8)10/h2-4,6H,5,10H2,1H3/t6-/m0/s1. The smallest absolute Gasteiger partial charge is 0.0349 e. The van der Waals surface area contributed by atoms with Crippen molar-refractivity contribution in [2.24, 2.45) is 0 Å². The van der Waals surface area contributed by atoms with Crippen molar-refractivity contribution in [3.8, 4) is 0 Å². The molecule has 0 heterocycles. The van der Waals surface area contributed by atoms with Crippen molar-refractivity contribution < 1.29 is 0 Å². The minimum atomic E-state index is 0.735. The van der Waals surface area contributed by atoms with Crippen molar-refractivity contribution in [3.63, 3.8) is 0 Å². The molecule has 0 aromatic heterocycles. The fraction of sp³-hybridized carbons (Fsp3) is 0.333. The Kier molecular flexibility index (Phi) is 1.01. The van der Waals surface area contributed by atoms with Crippen LogP contribution in [0.3, 0.4) is 0 Å². The number of hydrogen-bond donors (Lipinski definition) is 1. The largest absolute Gasteiger partial charge is 0.398 e. The molecule has 52 valence electrons. The summed E-state index contributed by atoms with van der Waals surface area (Å²) >= 11 is 0. The number of anilines is 1. The van der Waals surface area contributed by atoms with Gasteiger partial charge in [-0.2, -0.15) is 0 Å². The van der Waals surface area contributed by atoms with Crippen LogP contribution in [-0.4, -0.2) is 0 Å². The molecule has 0 fully saturated rings. The summed E-state index contributed by atoms with van der Waals surface area (Å²) in [5.41, 5.74) is 9.52. The van der Waals surface area contributed by atoms with E-state index in [1.54, 1.807) is 0 Å². The molecule has 0 spiro atoms. The van der Waals surface area contributed by atoms with Crippen LogP contribution >= 0.6 is 0 Å². The van der Waals surface area contributed by atoms with Crippen LogP contribution < -0.4 is 5.73 Å². The molecule has 1 nitrogen and oxygen atoms in total. The quantitative estimate of drug-likeness (QED) is 0.538. The molecular formula is C9H11N. The third-order valence-electron chi connectivity index (χ3n) is 2.29. The summed E-state index contributed by atoms with van der Waals surface area (Å²) in [6.45, 7) is 2.24. The van der Waals surface area contributed by atoms with E-state index in [-0.39, 0.29) is 0 Å². The second-order valence-corrected chi connectivity index (χ2v) is 3.02. The van der Waals surface area contributed by atoms with Crippen LogP contribution in [0.2, 0.25) is 0 Å². The number of benzene rings is 1. The summed E-state index contributed by atoms with van der Waals surface area (Å²) in [5, 5.41) is 0. The lowest BCUT2D eigenvalue weighted by atomic mass is 9.78. The zero-order chi connectivity index (χ0) is 7.14. The lowest BCUT2D eigenvalue weighted by molar-refractivity contribution is 0.670. The third kappa shape index (κ3) is 0.576. The first kappa shape index (κ1) is 5.78. The van der Waals surface area contributed by atoms with Gasteiger partial charge in [-0.15, -0.1) is 0 Å². The molecule has 10 heavy (non-hydrogen) atoms. The molecule has 0 bridgehead atoms. The molecule has 1 atom stereocenters. The van der Waals surface area contributed by atoms with Crippen molar-refractivity contribution in [2.75, 3.05) is 5.73 Å². The predicted octanol–water partition coefficient (Wildman–Crippen LogP) is 1.93. The Hall–Kier alpha value is -0.980. The second kappa shape index (κ2) is 1.75. The summed E-state index contributed by atoms with van der Waals surface area (Å²) in [6, 6.07) is 6.18. The number of hydrogen-bond acceptors (Lipinski definition) is 1. The first-order chi connectivity index (χ1) is 4.79. The van der Waals surface area contributed by atoms with Crippen molar-refractivity contribution in [1.29, 1.82) is 0 Å². The maximum absolute atomic E-state index is 5.73. The fourth-order valence-corrected chi connectivity index (χ4v) is 1.61. The monoisotopic (exact) mass is 133 g/mol. The van der Waals surface area contributed by atoms with E-state index in [1.165, 1.54) is 17.5 Å². The maximum Gasteiger partial charge on any atom is 0.0349 e. The van der Waals surface area contributed by atoms with Gasteiger partial charge in [0.1, 0.15) is 0 Å². The zero-order valence-corrected chi connectivity index (χ0v) is 6.09.